The SMILES string of the molecule is CCOC(=O)N1CCCC(C(=O)N2CCSc3ccccc32)C1. The molecule has 0 radical (unpaired) electrons. The average Bonchev–Trinajstić information content (AvgIpc) is 2.61. The molecule has 1 atom stereocenters. The van der Waals surface area contributed by atoms with Crippen molar-refractivity contribution in [3.8, 4) is 0 Å². The lowest BCUT2D eigenvalue weighted by molar-refractivity contribution is -0.123. The van der Waals surface area contributed by atoms with E-state index < -0.39 is 0 Å². The summed E-state index contributed by atoms with van der Waals surface area (Å²) in [5, 5.41) is 0. The van der Waals surface area contributed by atoms with Crippen LogP contribution in [0.5, 0.6) is 0 Å². The first-order chi connectivity index (χ1) is 11.2. The highest BCUT2D eigenvalue weighted by Crippen LogP contribution is 2.35. The van der Waals surface area contributed by atoms with Crippen LogP contribution < -0.4 is 4.90 Å². The molecule has 0 saturated carbocycles. The Morgan fingerprint density at radius 3 is 2.96 bits per heavy atom. The molecule has 0 spiro atoms. The van der Waals surface area contributed by atoms with Crippen LogP contribution in [0.3, 0.4) is 0 Å². The van der Waals surface area contributed by atoms with E-state index in [4.69, 9.17) is 4.74 Å². The number of piperidine rings is 1. The van der Waals surface area contributed by atoms with Crippen molar-refractivity contribution in [1.29, 1.82) is 0 Å². The Morgan fingerprint density at radius 1 is 1.30 bits per heavy atom. The van der Waals surface area contributed by atoms with Gasteiger partial charge in [0.15, 0.2) is 0 Å². The maximum Gasteiger partial charge on any atom is 0.409 e. The zero-order valence-electron chi connectivity index (χ0n) is 13.4. The van der Waals surface area contributed by atoms with E-state index >= 15 is 0 Å². The molecule has 1 fully saturated rings. The van der Waals surface area contributed by atoms with Crippen LogP contribution in [-0.4, -0.2) is 48.9 Å². The van der Waals surface area contributed by atoms with Crippen molar-refractivity contribution in [2.24, 2.45) is 5.92 Å². The zero-order chi connectivity index (χ0) is 16.2. The van der Waals surface area contributed by atoms with E-state index in [1.807, 2.05) is 23.1 Å². The molecule has 1 saturated heterocycles. The Bertz CT molecular complexity index is 593. The molecule has 0 aliphatic carbocycles. The largest absolute Gasteiger partial charge is 0.450 e. The normalized spacial score (nSPS) is 20.8. The fraction of sp³-hybridized carbons (Fsp3) is 0.529. The molecule has 23 heavy (non-hydrogen) atoms. The summed E-state index contributed by atoms with van der Waals surface area (Å²) in [4.78, 5) is 29.6. The molecule has 2 aliphatic heterocycles. The van der Waals surface area contributed by atoms with Crippen molar-refractivity contribution in [2.75, 3.05) is 36.9 Å². The first-order valence-corrected chi connectivity index (χ1v) is 9.14. The summed E-state index contributed by atoms with van der Waals surface area (Å²) in [5.74, 6) is 0.910. The number of para-hydroxylation sites is 1. The predicted octanol–water partition coefficient (Wildman–Crippen LogP) is 2.99. The first kappa shape index (κ1) is 16.2. The van der Waals surface area contributed by atoms with Crippen LogP contribution in [-0.2, 0) is 9.53 Å². The molecular weight excluding hydrogens is 312 g/mol. The molecule has 2 heterocycles. The molecule has 124 valence electrons. The number of hydrogen-bond donors (Lipinski definition) is 0. The molecule has 2 aliphatic rings. The Morgan fingerprint density at radius 2 is 2.13 bits per heavy atom. The molecule has 0 bridgehead atoms. The number of likely N-dealkylation sites (tertiary alicyclic amines) is 1. The van der Waals surface area contributed by atoms with Gasteiger partial charge in [0.25, 0.3) is 0 Å². The highest BCUT2D eigenvalue weighted by molar-refractivity contribution is 7.99. The molecule has 2 amide bonds. The molecule has 6 heteroatoms. The lowest BCUT2D eigenvalue weighted by Gasteiger charge is -2.36. The number of thioether (sulfide) groups is 1. The quantitative estimate of drug-likeness (QED) is 0.834. The smallest absolute Gasteiger partial charge is 0.409 e. The van der Waals surface area contributed by atoms with Gasteiger partial charge in [-0.15, -0.1) is 11.8 Å². The second-order valence-electron chi connectivity index (χ2n) is 5.79. The molecule has 3 rings (SSSR count). The van der Waals surface area contributed by atoms with E-state index in [-0.39, 0.29) is 17.9 Å². The van der Waals surface area contributed by atoms with Gasteiger partial charge in [0, 0.05) is 30.3 Å². The summed E-state index contributed by atoms with van der Waals surface area (Å²) in [5.41, 5.74) is 1.00. The summed E-state index contributed by atoms with van der Waals surface area (Å²) < 4.78 is 5.07. The Kier molecular flexibility index (Phi) is 5.10. The van der Waals surface area contributed by atoms with Crippen molar-refractivity contribution in [1.82, 2.24) is 4.90 Å². The van der Waals surface area contributed by atoms with E-state index in [2.05, 4.69) is 6.07 Å². The highest BCUT2D eigenvalue weighted by atomic mass is 32.2. The summed E-state index contributed by atoms with van der Waals surface area (Å²) in [6.07, 6.45) is 1.37. The standard InChI is InChI=1S/C17H22N2O3S/c1-2-22-17(21)18-9-5-6-13(12-18)16(20)19-10-11-23-15-8-4-3-7-14(15)19/h3-4,7-8,13H,2,5-6,9-12H2,1H3. The number of fused-ring (bicyclic) bond motifs is 1. The molecule has 0 N–H and O–H groups in total. The minimum atomic E-state index is -0.306. The number of carbonyl (C=O) groups excluding carboxylic acids is 2. The van der Waals surface area contributed by atoms with Gasteiger partial charge in [-0.3, -0.25) is 4.79 Å². The monoisotopic (exact) mass is 334 g/mol. The number of anilines is 1. The van der Waals surface area contributed by atoms with Crippen molar-refractivity contribution in [3.63, 3.8) is 0 Å². The highest BCUT2D eigenvalue weighted by Gasteiger charge is 2.33. The van der Waals surface area contributed by atoms with Gasteiger partial charge in [-0.1, -0.05) is 12.1 Å². The number of amides is 2. The van der Waals surface area contributed by atoms with Crippen LogP contribution in [0.25, 0.3) is 0 Å². The molecule has 1 aromatic rings. The Labute approximate surface area is 141 Å². The third kappa shape index (κ3) is 3.47. The van der Waals surface area contributed by atoms with Crippen LogP contribution in [0.15, 0.2) is 29.2 Å². The first-order valence-electron chi connectivity index (χ1n) is 8.15. The third-order valence-electron chi connectivity index (χ3n) is 4.29. The summed E-state index contributed by atoms with van der Waals surface area (Å²) in [6, 6.07) is 8.04. The number of hydrogen-bond acceptors (Lipinski definition) is 4. The Balaban J connectivity index is 1.72. The van der Waals surface area contributed by atoms with Crippen molar-refractivity contribution < 1.29 is 14.3 Å². The summed E-state index contributed by atoms with van der Waals surface area (Å²) in [7, 11) is 0. The Hall–Kier alpha value is -1.69. The van der Waals surface area contributed by atoms with Gasteiger partial charge >= 0.3 is 6.09 Å². The fourth-order valence-corrected chi connectivity index (χ4v) is 4.17. The van der Waals surface area contributed by atoms with Crippen molar-refractivity contribution >= 4 is 29.4 Å². The number of benzene rings is 1. The lowest BCUT2D eigenvalue weighted by Crippen LogP contribution is -2.48. The van der Waals surface area contributed by atoms with Crippen LogP contribution in [0.4, 0.5) is 10.5 Å². The molecule has 0 aromatic heterocycles. The van der Waals surface area contributed by atoms with E-state index in [0.29, 0.717) is 19.7 Å². The second kappa shape index (κ2) is 7.25. The predicted molar refractivity (Wildman–Crippen MR) is 90.8 cm³/mol. The van der Waals surface area contributed by atoms with E-state index in [9.17, 15) is 9.59 Å². The van der Waals surface area contributed by atoms with Crippen LogP contribution in [0.2, 0.25) is 0 Å². The van der Waals surface area contributed by atoms with Gasteiger partial charge in [-0.05, 0) is 31.9 Å². The van der Waals surface area contributed by atoms with E-state index in [0.717, 1.165) is 35.7 Å². The van der Waals surface area contributed by atoms with Crippen LogP contribution in [0.1, 0.15) is 19.8 Å². The van der Waals surface area contributed by atoms with E-state index in [1.165, 1.54) is 0 Å². The van der Waals surface area contributed by atoms with Crippen LogP contribution >= 0.6 is 11.8 Å². The number of ether oxygens (including phenoxy) is 1. The second-order valence-corrected chi connectivity index (χ2v) is 6.93. The van der Waals surface area contributed by atoms with Gasteiger partial charge in [0.1, 0.15) is 0 Å². The summed E-state index contributed by atoms with van der Waals surface area (Å²) >= 11 is 1.79. The molecule has 1 aromatic carbocycles. The topological polar surface area (TPSA) is 49.9 Å². The fourth-order valence-electron chi connectivity index (χ4n) is 3.18. The average molecular weight is 334 g/mol. The number of nitrogens with zero attached hydrogens (tertiary/aromatic N) is 2. The molecule has 5 nitrogen and oxygen atoms in total. The van der Waals surface area contributed by atoms with Gasteiger partial charge in [0.05, 0.1) is 18.2 Å². The van der Waals surface area contributed by atoms with Crippen LogP contribution in [0, 0.1) is 5.92 Å². The van der Waals surface area contributed by atoms with Crippen molar-refractivity contribution in [2.45, 2.75) is 24.7 Å². The minimum absolute atomic E-state index is 0.131. The van der Waals surface area contributed by atoms with Gasteiger partial charge in [-0.2, -0.15) is 0 Å². The maximum atomic E-state index is 13.0. The number of carbonyl (C=O) groups is 2. The maximum absolute atomic E-state index is 13.0. The lowest BCUT2D eigenvalue weighted by atomic mass is 9.96. The minimum Gasteiger partial charge on any atom is -0.450 e. The van der Waals surface area contributed by atoms with Gasteiger partial charge in [-0.25, -0.2) is 4.79 Å². The third-order valence-corrected chi connectivity index (χ3v) is 5.33. The van der Waals surface area contributed by atoms with Gasteiger partial charge < -0.3 is 14.5 Å². The zero-order valence-corrected chi connectivity index (χ0v) is 14.2. The molecule has 1 unspecified atom stereocenters. The summed E-state index contributed by atoms with van der Waals surface area (Å²) in [6.45, 7) is 4.03. The molecular formula is C17H22N2O3S. The van der Waals surface area contributed by atoms with Crippen molar-refractivity contribution in [3.05, 3.63) is 24.3 Å². The number of rotatable bonds is 2. The van der Waals surface area contributed by atoms with Gasteiger partial charge in [0.2, 0.25) is 5.91 Å². The van der Waals surface area contributed by atoms with E-state index in [1.54, 1.807) is 23.6 Å².